The zero-order valence-corrected chi connectivity index (χ0v) is 7.96. The maximum absolute atomic E-state index is 11.5. The van der Waals surface area contributed by atoms with Crippen LogP contribution < -0.4 is 0 Å². The Morgan fingerprint density at radius 1 is 1.54 bits per heavy atom. The fourth-order valence-corrected chi connectivity index (χ4v) is 2.17. The SMILES string of the molecule is CC1(C)CCC2(C#N)CC1OC2=O. The third-order valence-corrected chi connectivity index (χ3v) is 3.46. The van der Waals surface area contributed by atoms with Crippen molar-refractivity contribution in [1.29, 1.82) is 5.26 Å². The summed E-state index contributed by atoms with van der Waals surface area (Å²) in [5.74, 6) is -0.300. The van der Waals surface area contributed by atoms with Crippen LogP contribution in [0.2, 0.25) is 0 Å². The molecular formula is C10H13NO2. The van der Waals surface area contributed by atoms with E-state index in [0.717, 1.165) is 6.42 Å². The number of carbonyl (C=O) groups is 1. The molecule has 0 N–H and O–H groups in total. The lowest BCUT2D eigenvalue weighted by atomic mass is 9.66. The van der Waals surface area contributed by atoms with Crippen molar-refractivity contribution < 1.29 is 9.53 Å². The molecule has 1 aliphatic heterocycles. The van der Waals surface area contributed by atoms with Crippen molar-refractivity contribution in [2.75, 3.05) is 0 Å². The molecule has 13 heavy (non-hydrogen) atoms. The fourth-order valence-electron chi connectivity index (χ4n) is 2.17. The number of esters is 1. The Morgan fingerprint density at radius 3 is 2.85 bits per heavy atom. The molecule has 70 valence electrons. The molecule has 1 saturated heterocycles. The van der Waals surface area contributed by atoms with Gasteiger partial charge in [0.2, 0.25) is 0 Å². The second-order valence-electron chi connectivity index (χ2n) is 4.78. The highest BCUT2D eigenvalue weighted by atomic mass is 16.6. The average molecular weight is 179 g/mol. The summed E-state index contributed by atoms with van der Waals surface area (Å²) in [5.41, 5.74) is -0.757. The summed E-state index contributed by atoms with van der Waals surface area (Å²) >= 11 is 0. The molecule has 0 aromatic carbocycles. The van der Waals surface area contributed by atoms with Gasteiger partial charge in [-0.1, -0.05) is 13.8 Å². The Morgan fingerprint density at radius 2 is 2.23 bits per heavy atom. The lowest BCUT2D eigenvalue weighted by molar-refractivity contribution is -0.147. The summed E-state index contributed by atoms with van der Waals surface area (Å²) in [5, 5.41) is 8.96. The molecule has 2 atom stereocenters. The van der Waals surface area contributed by atoms with Crippen LogP contribution >= 0.6 is 0 Å². The van der Waals surface area contributed by atoms with E-state index < -0.39 is 5.41 Å². The number of ether oxygens (including phenoxy) is 1. The monoisotopic (exact) mass is 179 g/mol. The predicted molar refractivity (Wildman–Crippen MR) is 45.6 cm³/mol. The molecule has 1 aliphatic carbocycles. The van der Waals surface area contributed by atoms with Gasteiger partial charge in [-0.2, -0.15) is 5.26 Å². The van der Waals surface area contributed by atoms with Crippen molar-refractivity contribution >= 4 is 5.97 Å². The van der Waals surface area contributed by atoms with E-state index in [0.29, 0.717) is 12.8 Å². The highest BCUT2D eigenvalue weighted by Gasteiger charge is 2.57. The third-order valence-electron chi connectivity index (χ3n) is 3.46. The van der Waals surface area contributed by atoms with E-state index in [9.17, 15) is 4.79 Å². The van der Waals surface area contributed by atoms with Crippen LogP contribution in [0, 0.1) is 22.2 Å². The van der Waals surface area contributed by atoms with Crippen LogP contribution in [0.25, 0.3) is 0 Å². The van der Waals surface area contributed by atoms with Gasteiger partial charge in [-0.15, -0.1) is 0 Å². The van der Waals surface area contributed by atoms with Gasteiger partial charge in [0, 0.05) is 11.8 Å². The fraction of sp³-hybridized carbons (Fsp3) is 0.800. The lowest BCUT2D eigenvalue weighted by Gasteiger charge is -2.34. The molecule has 1 heterocycles. The van der Waals surface area contributed by atoms with E-state index in [1.807, 2.05) is 0 Å². The highest BCUT2D eigenvalue weighted by Crippen LogP contribution is 2.51. The molecule has 3 nitrogen and oxygen atoms in total. The zero-order chi connectivity index (χ0) is 9.69. The smallest absolute Gasteiger partial charge is 0.326 e. The lowest BCUT2D eigenvalue weighted by Crippen LogP contribution is -2.35. The largest absolute Gasteiger partial charge is 0.461 e. The molecule has 1 saturated carbocycles. The van der Waals surface area contributed by atoms with Crippen LogP contribution in [0.5, 0.6) is 0 Å². The maximum atomic E-state index is 11.5. The van der Waals surface area contributed by atoms with E-state index in [-0.39, 0.29) is 17.5 Å². The number of nitriles is 1. The zero-order valence-electron chi connectivity index (χ0n) is 7.96. The molecule has 2 bridgehead atoms. The van der Waals surface area contributed by atoms with Crippen LogP contribution in [0.1, 0.15) is 33.1 Å². The molecule has 2 fully saturated rings. The molecule has 0 radical (unpaired) electrons. The van der Waals surface area contributed by atoms with Crippen molar-refractivity contribution in [1.82, 2.24) is 0 Å². The van der Waals surface area contributed by atoms with Crippen molar-refractivity contribution in [2.45, 2.75) is 39.2 Å². The van der Waals surface area contributed by atoms with Crippen molar-refractivity contribution in [3.63, 3.8) is 0 Å². The van der Waals surface area contributed by atoms with E-state index in [1.54, 1.807) is 0 Å². The Bertz CT molecular complexity index is 303. The molecule has 0 aromatic rings. The van der Waals surface area contributed by atoms with Crippen molar-refractivity contribution in [2.24, 2.45) is 10.8 Å². The molecule has 2 unspecified atom stereocenters. The molecular weight excluding hydrogens is 166 g/mol. The van der Waals surface area contributed by atoms with E-state index >= 15 is 0 Å². The Labute approximate surface area is 77.7 Å². The van der Waals surface area contributed by atoms with Crippen LogP contribution in [-0.4, -0.2) is 12.1 Å². The summed E-state index contributed by atoms with van der Waals surface area (Å²) in [6, 6.07) is 2.12. The first-order chi connectivity index (χ1) is 6.00. The van der Waals surface area contributed by atoms with Gasteiger partial charge < -0.3 is 4.74 Å². The van der Waals surface area contributed by atoms with Gasteiger partial charge >= 0.3 is 5.97 Å². The maximum Gasteiger partial charge on any atom is 0.326 e. The number of rotatable bonds is 0. The Kier molecular flexibility index (Phi) is 1.48. The van der Waals surface area contributed by atoms with Crippen LogP contribution in [0.15, 0.2) is 0 Å². The molecule has 0 spiro atoms. The first kappa shape index (κ1) is 8.55. The highest BCUT2D eigenvalue weighted by molar-refractivity contribution is 5.82. The minimum atomic E-state index is -0.805. The van der Waals surface area contributed by atoms with E-state index in [2.05, 4.69) is 19.9 Å². The van der Waals surface area contributed by atoms with Gasteiger partial charge in [-0.3, -0.25) is 4.79 Å². The summed E-state index contributed by atoms with van der Waals surface area (Å²) in [7, 11) is 0. The minimum Gasteiger partial charge on any atom is -0.461 e. The number of carbonyl (C=O) groups excluding carboxylic acids is 1. The van der Waals surface area contributed by atoms with Crippen molar-refractivity contribution in [3.05, 3.63) is 0 Å². The van der Waals surface area contributed by atoms with Crippen LogP contribution in [-0.2, 0) is 9.53 Å². The predicted octanol–water partition coefficient (Wildman–Crippen LogP) is 1.63. The molecule has 0 amide bonds. The second kappa shape index (κ2) is 2.25. The normalized spacial score (nSPS) is 41.0. The quantitative estimate of drug-likeness (QED) is 0.531. The molecule has 3 heteroatoms. The van der Waals surface area contributed by atoms with Gasteiger partial charge in [0.1, 0.15) is 6.10 Å². The minimum absolute atomic E-state index is 0.0478. The van der Waals surface area contributed by atoms with Crippen LogP contribution in [0.3, 0.4) is 0 Å². The van der Waals surface area contributed by atoms with Crippen LogP contribution in [0.4, 0.5) is 0 Å². The van der Waals surface area contributed by atoms with Gasteiger partial charge in [0.05, 0.1) is 6.07 Å². The topological polar surface area (TPSA) is 50.1 Å². The molecule has 2 rings (SSSR count). The van der Waals surface area contributed by atoms with Gasteiger partial charge in [0.25, 0.3) is 0 Å². The van der Waals surface area contributed by atoms with E-state index in [4.69, 9.17) is 10.00 Å². The Balaban J connectivity index is 2.34. The molecule has 2 aliphatic rings. The number of nitrogens with zero attached hydrogens (tertiary/aromatic N) is 1. The third kappa shape index (κ3) is 0.980. The number of hydrogen-bond acceptors (Lipinski definition) is 3. The first-order valence-corrected chi connectivity index (χ1v) is 4.63. The van der Waals surface area contributed by atoms with Gasteiger partial charge in [-0.25, -0.2) is 0 Å². The second-order valence-corrected chi connectivity index (χ2v) is 4.78. The molecule has 0 aromatic heterocycles. The summed E-state index contributed by atoms with van der Waals surface area (Å²) < 4.78 is 5.23. The summed E-state index contributed by atoms with van der Waals surface area (Å²) in [4.78, 5) is 11.5. The number of fused-ring (bicyclic) bond motifs is 2. The van der Waals surface area contributed by atoms with E-state index in [1.165, 1.54) is 0 Å². The van der Waals surface area contributed by atoms with Crippen molar-refractivity contribution in [3.8, 4) is 6.07 Å². The Hall–Kier alpha value is -1.04. The first-order valence-electron chi connectivity index (χ1n) is 4.63. The summed E-state index contributed by atoms with van der Waals surface area (Å²) in [6.45, 7) is 4.19. The average Bonchev–Trinajstić information content (AvgIpc) is 2.37. The standard InChI is InChI=1S/C10H13NO2/c1-9(2)3-4-10(6-11)5-7(9)13-8(10)12/h7H,3-5H2,1-2H3. The number of hydrogen-bond donors (Lipinski definition) is 0. The summed E-state index contributed by atoms with van der Waals surface area (Å²) in [6.07, 6.45) is 2.10. The van der Waals surface area contributed by atoms with Gasteiger partial charge in [0.15, 0.2) is 5.41 Å². The van der Waals surface area contributed by atoms with Gasteiger partial charge in [-0.05, 0) is 12.8 Å².